The molecule has 0 fully saturated rings. The molecule has 4 N–H and O–H groups in total. The van der Waals surface area contributed by atoms with Gasteiger partial charge in [0, 0.05) is 18.0 Å². The molecule has 1 unspecified atom stereocenters. The third-order valence-corrected chi connectivity index (χ3v) is 7.37. The number of benzene rings is 1. The third-order valence-electron chi connectivity index (χ3n) is 4.26. The van der Waals surface area contributed by atoms with Gasteiger partial charge in [0.1, 0.15) is 0 Å². The summed E-state index contributed by atoms with van der Waals surface area (Å²) in [6.07, 6.45) is 3.19. The molecule has 34 heavy (non-hydrogen) atoms. The number of hydrogen-bond donors (Lipinski definition) is 4. The van der Waals surface area contributed by atoms with E-state index in [1.807, 2.05) is 0 Å². The fourth-order valence-electron chi connectivity index (χ4n) is 2.79. The van der Waals surface area contributed by atoms with Crippen LogP contribution < -0.4 is 10.9 Å². The van der Waals surface area contributed by atoms with Gasteiger partial charge in [-0.2, -0.15) is 0 Å². The molecule has 1 amide bonds. The predicted molar refractivity (Wildman–Crippen MR) is 123 cm³/mol. The zero-order valence-corrected chi connectivity index (χ0v) is 20.1. The normalized spacial score (nSPS) is 12.4. The average Bonchev–Trinajstić information content (AvgIpc) is 3.30. The molecule has 1 aromatic carbocycles. The Morgan fingerprint density at radius 3 is 2.47 bits per heavy atom. The molecule has 14 heteroatoms. The fraction of sp³-hybridized carbons (Fsp3) is 0.300. The minimum Gasteiger partial charge on any atom is -0.504 e. The lowest BCUT2D eigenvalue weighted by molar-refractivity contribution is -0.119. The van der Waals surface area contributed by atoms with Crippen molar-refractivity contribution in [1.82, 2.24) is 26.0 Å². The van der Waals surface area contributed by atoms with Crippen molar-refractivity contribution in [2.75, 3.05) is 19.0 Å². The quantitative estimate of drug-likeness (QED) is 0.122. The van der Waals surface area contributed by atoms with Crippen LogP contribution in [-0.2, 0) is 18.4 Å². The van der Waals surface area contributed by atoms with E-state index in [2.05, 4.69) is 26.0 Å². The van der Waals surface area contributed by atoms with E-state index in [4.69, 9.17) is 13.5 Å². The summed E-state index contributed by atoms with van der Waals surface area (Å²) in [5, 5.41) is 27.5. The van der Waals surface area contributed by atoms with Crippen molar-refractivity contribution in [3.8, 4) is 23.0 Å². The summed E-state index contributed by atoms with van der Waals surface area (Å²) >= 11 is 1.01. The molecule has 0 bridgehead atoms. The van der Waals surface area contributed by atoms with E-state index in [1.54, 1.807) is 38.4 Å². The number of thioether (sulfide) groups is 1. The Morgan fingerprint density at radius 2 is 1.82 bits per heavy atom. The minimum absolute atomic E-state index is 0.0836. The Morgan fingerprint density at radius 1 is 1.12 bits per heavy atom. The highest BCUT2D eigenvalue weighted by atomic mass is 32.2. The zero-order valence-electron chi connectivity index (χ0n) is 18.4. The largest absolute Gasteiger partial charge is 0.504 e. The molecule has 0 aliphatic carbocycles. The molecule has 2 aromatic heterocycles. The van der Waals surface area contributed by atoms with Crippen LogP contribution in [-0.4, -0.2) is 50.3 Å². The molecule has 0 radical (unpaired) electrons. The molecule has 0 saturated heterocycles. The summed E-state index contributed by atoms with van der Waals surface area (Å²) in [5.74, 6) is -2.21. The monoisotopic (exact) mass is 509 g/mol. The molecule has 2 heterocycles. The highest BCUT2D eigenvalue weighted by molar-refractivity contribution is 7.99. The number of aromatic hydroxyl groups is 2. The van der Waals surface area contributed by atoms with Gasteiger partial charge < -0.3 is 23.7 Å². The van der Waals surface area contributed by atoms with Crippen molar-refractivity contribution in [3.63, 3.8) is 0 Å². The van der Waals surface area contributed by atoms with Crippen LogP contribution >= 0.6 is 19.4 Å². The van der Waals surface area contributed by atoms with Crippen LogP contribution in [0.3, 0.4) is 0 Å². The first-order valence-corrected chi connectivity index (χ1v) is 12.8. The summed E-state index contributed by atoms with van der Waals surface area (Å²) in [7, 11) is -3.82. The Kier molecular flexibility index (Phi) is 9.02. The van der Waals surface area contributed by atoms with Crippen LogP contribution in [0.25, 0.3) is 11.5 Å². The smallest absolute Gasteiger partial charge is 0.353 e. The van der Waals surface area contributed by atoms with Crippen molar-refractivity contribution in [2.24, 2.45) is 0 Å². The van der Waals surface area contributed by atoms with Crippen molar-refractivity contribution >= 4 is 25.3 Å². The van der Waals surface area contributed by atoms with Gasteiger partial charge in [0.05, 0.1) is 19.0 Å². The van der Waals surface area contributed by atoms with Crippen LogP contribution in [0.15, 0.2) is 52.4 Å². The standard InChI is InChI=1S/C20H24N5O7PS/c1-3-30-33(29,31-4-2)19(14-5-6-15(26)16(27)11-14)24-22-17(28)12-34-20-25-23-18(32-20)13-7-9-21-10-8-13/h5-11,19,24,26-27H,3-4,12H2,1-2H3,(H,22,28). The first-order valence-electron chi connectivity index (χ1n) is 10.2. The van der Waals surface area contributed by atoms with E-state index in [1.165, 1.54) is 18.2 Å². The number of phenols is 2. The lowest BCUT2D eigenvalue weighted by Gasteiger charge is -2.27. The van der Waals surface area contributed by atoms with Crippen molar-refractivity contribution in [3.05, 3.63) is 48.3 Å². The maximum absolute atomic E-state index is 13.4. The van der Waals surface area contributed by atoms with E-state index in [9.17, 15) is 19.6 Å². The number of phenolic OH excluding ortho intramolecular Hbond substituents is 2. The molecule has 182 valence electrons. The Labute approximate surface area is 199 Å². The van der Waals surface area contributed by atoms with Gasteiger partial charge in [-0.25, -0.2) is 5.43 Å². The topological polar surface area (TPSA) is 169 Å². The Balaban J connectivity index is 1.67. The number of carbonyl (C=O) groups excluding carboxylic acids is 1. The van der Waals surface area contributed by atoms with Gasteiger partial charge in [0.15, 0.2) is 17.3 Å². The van der Waals surface area contributed by atoms with Gasteiger partial charge in [0.25, 0.3) is 5.22 Å². The lowest BCUT2D eigenvalue weighted by Crippen LogP contribution is -2.41. The second-order valence-electron chi connectivity index (χ2n) is 6.62. The number of hydrogen-bond acceptors (Lipinski definition) is 12. The van der Waals surface area contributed by atoms with Gasteiger partial charge in [0.2, 0.25) is 11.8 Å². The van der Waals surface area contributed by atoms with Crippen LogP contribution in [0.1, 0.15) is 25.2 Å². The molecule has 0 aliphatic rings. The predicted octanol–water partition coefficient (Wildman–Crippen LogP) is 3.22. The zero-order chi connectivity index (χ0) is 24.6. The molecule has 12 nitrogen and oxygen atoms in total. The molecule has 0 spiro atoms. The molecule has 0 aliphatic heterocycles. The number of aromatic nitrogens is 3. The number of nitrogens with zero attached hydrogens (tertiary/aromatic N) is 3. The number of carbonyl (C=O) groups is 1. The van der Waals surface area contributed by atoms with E-state index in [-0.39, 0.29) is 35.5 Å². The van der Waals surface area contributed by atoms with E-state index in [0.717, 1.165) is 11.8 Å². The summed E-state index contributed by atoms with van der Waals surface area (Å²) < 4.78 is 29.7. The van der Waals surface area contributed by atoms with E-state index < -0.39 is 25.0 Å². The number of nitrogens with one attached hydrogen (secondary N) is 2. The van der Waals surface area contributed by atoms with Gasteiger partial charge in [-0.1, -0.05) is 17.8 Å². The maximum Gasteiger partial charge on any atom is 0.353 e. The summed E-state index contributed by atoms with van der Waals surface area (Å²) in [4.78, 5) is 16.4. The summed E-state index contributed by atoms with van der Waals surface area (Å²) in [5.41, 5.74) is 6.10. The average molecular weight is 509 g/mol. The van der Waals surface area contributed by atoms with Crippen LogP contribution in [0.4, 0.5) is 0 Å². The van der Waals surface area contributed by atoms with Crippen LogP contribution in [0.5, 0.6) is 11.5 Å². The highest BCUT2D eigenvalue weighted by Gasteiger charge is 2.37. The molecular weight excluding hydrogens is 485 g/mol. The Hall–Kier alpha value is -2.96. The molecule has 3 aromatic rings. The molecule has 0 saturated carbocycles. The van der Waals surface area contributed by atoms with Crippen molar-refractivity contribution in [1.29, 1.82) is 0 Å². The molecule has 3 rings (SSSR count). The van der Waals surface area contributed by atoms with Gasteiger partial charge in [-0.3, -0.25) is 19.8 Å². The summed E-state index contributed by atoms with van der Waals surface area (Å²) in [6, 6.07) is 7.30. The number of pyridine rings is 1. The van der Waals surface area contributed by atoms with Crippen molar-refractivity contribution in [2.45, 2.75) is 24.9 Å². The number of hydrazine groups is 1. The van der Waals surface area contributed by atoms with E-state index in [0.29, 0.717) is 11.5 Å². The fourth-order valence-corrected chi connectivity index (χ4v) is 5.20. The third kappa shape index (κ3) is 6.55. The van der Waals surface area contributed by atoms with Crippen LogP contribution in [0, 0.1) is 0 Å². The highest BCUT2D eigenvalue weighted by Crippen LogP contribution is 2.59. The number of amides is 1. The first-order chi connectivity index (χ1) is 16.4. The van der Waals surface area contributed by atoms with Gasteiger partial charge >= 0.3 is 7.60 Å². The second kappa shape index (κ2) is 12.0. The van der Waals surface area contributed by atoms with E-state index >= 15 is 0 Å². The first kappa shape index (κ1) is 25.7. The lowest BCUT2D eigenvalue weighted by atomic mass is 10.2. The Bertz CT molecular complexity index is 1140. The number of rotatable bonds is 12. The van der Waals surface area contributed by atoms with Crippen molar-refractivity contribution < 1.29 is 33.0 Å². The molecular formula is C20H24N5O7PS. The minimum atomic E-state index is -3.82. The molecule has 1 atom stereocenters. The SMILES string of the molecule is CCOP(=O)(OCC)C(NNC(=O)CSc1nnc(-c2ccncc2)o1)c1ccc(O)c(O)c1. The summed E-state index contributed by atoms with van der Waals surface area (Å²) in [6.45, 7) is 3.47. The van der Waals surface area contributed by atoms with Crippen LogP contribution in [0.2, 0.25) is 0 Å². The van der Waals surface area contributed by atoms with Gasteiger partial charge in [-0.15, -0.1) is 10.2 Å². The second-order valence-corrected chi connectivity index (χ2v) is 9.66. The van der Waals surface area contributed by atoms with Gasteiger partial charge in [-0.05, 0) is 43.7 Å². The maximum atomic E-state index is 13.4.